The van der Waals surface area contributed by atoms with Gasteiger partial charge in [0.2, 0.25) is 5.91 Å². The molecule has 1 aliphatic carbocycles. The number of carbonyl (C=O) groups excluding carboxylic acids is 1. The zero-order valence-corrected chi connectivity index (χ0v) is 13.7. The van der Waals surface area contributed by atoms with Crippen LogP contribution >= 0.6 is 23.1 Å². The van der Waals surface area contributed by atoms with Crippen LogP contribution in [0.15, 0.2) is 5.38 Å². The van der Waals surface area contributed by atoms with Crippen molar-refractivity contribution in [1.82, 2.24) is 10.3 Å². The molecule has 1 aromatic heterocycles. The van der Waals surface area contributed by atoms with Crippen molar-refractivity contribution >= 4 is 35.0 Å². The second kappa shape index (κ2) is 7.26. The van der Waals surface area contributed by atoms with Crippen molar-refractivity contribution in [2.24, 2.45) is 0 Å². The van der Waals surface area contributed by atoms with Crippen molar-refractivity contribution < 1.29 is 14.7 Å². The van der Waals surface area contributed by atoms with Crippen molar-refractivity contribution in [2.45, 2.75) is 50.3 Å². The number of carbonyl (C=O) groups is 2. The Hall–Kier alpha value is -1.08. The zero-order chi connectivity index (χ0) is 15.3. The molecule has 21 heavy (non-hydrogen) atoms. The third kappa shape index (κ3) is 4.44. The van der Waals surface area contributed by atoms with Gasteiger partial charge in [-0.2, -0.15) is 11.8 Å². The second-order valence-electron chi connectivity index (χ2n) is 5.30. The summed E-state index contributed by atoms with van der Waals surface area (Å²) in [5, 5.41) is 15.1. The van der Waals surface area contributed by atoms with Crippen LogP contribution in [0.4, 0.5) is 0 Å². The molecule has 1 fully saturated rings. The molecule has 0 spiro atoms. The average molecular weight is 328 g/mol. The number of thiazole rings is 1. The zero-order valence-electron chi connectivity index (χ0n) is 12.1. The number of carboxylic acid groups (broad SMARTS) is 1. The minimum atomic E-state index is -1.02. The van der Waals surface area contributed by atoms with E-state index in [9.17, 15) is 14.7 Å². The average Bonchev–Trinajstić information content (AvgIpc) is 3.05. The summed E-state index contributed by atoms with van der Waals surface area (Å²) in [5.41, 5.74) is 0.0223. The molecule has 2 N–H and O–H groups in total. The Morgan fingerprint density at radius 2 is 2.19 bits per heavy atom. The number of nitrogens with zero attached hydrogens (tertiary/aromatic N) is 1. The molecule has 0 unspecified atom stereocenters. The van der Waals surface area contributed by atoms with Gasteiger partial charge >= 0.3 is 5.97 Å². The molecule has 0 bridgehead atoms. The fourth-order valence-corrected chi connectivity index (χ4v) is 4.07. The van der Waals surface area contributed by atoms with Gasteiger partial charge < -0.3 is 10.4 Å². The van der Waals surface area contributed by atoms with Crippen LogP contribution in [-0.2, 0) is 15.3 Å². The largest absolute Gasteiger partial charge is 0.480 e. The summed E-state index contributed by atoms with van der Waals surface area (Å²) in [5.74, 6) is 0.403. The molecule has 0 radical (unpaired) electrons. The first-order valence-corrected chi connectivity index (χ1v) is 9.08. The van der Waals surface area contributed by atoms with Crippen LogP contribution in [0.25, 0.3) is 0 Å². The van der Waals surface area contributed by atoms with Crippen molar-refractivity contribution in [2.75, 3.05) is 5.75 Å². The quantitative estimate of drug-likeness (QED) is 0.752. The van der Waals surface area contributed by atoms with Crippen LogP contribution in [0.3, 0.4) is 0 Å². The van der Waals surface area contributed by atoms with E-state index < -0.39 is 11.5 Å². The molecule has 7 heteroatoms. The van der Waals surface area contributed by atoms with Crippen molar-refractivity contribution in [3.8, 4) is 0 Å². The lowest BCUT2D eigenvalue weighted by Crippen LogP contribution is -2.52. The molecular formula is C14H20N2O3S2. The molecule has 1 aliphatic rings. The number of aliphatic carboxylic acids is 1. The Morgan fingerprint density at radius 1 is 1.48 bits per heavy atom. The van der Waals surface area contributed by atoms with Gasteiger partial charge in [-0.3, -0.25) is 4.79 Å². The van der Waals surface area contributed by atoms with Crippen LogP contribution in [-0.4, -0.2) is 33.3 Å². The third-order valence-corrected chi connectivity index (χ3v) is 5.45. The van der Waals surface area contributed by atoms with Gasteiger partial charge in [0, 0.05) is 23.3 Å². The summed E-state index contributed by atoms with van der Waals surface area (Å²) in [6, 6.07) is 0. The fraction of sp³-hybridized carbons (Fsp3) is 0.643. The summed E-state index contributed by atoms with van der Waals surface area (Å²) in [7, 11) is 0. The lowest BCUT2D eigenvalue weighted by atomic mass is 9.98. The van der Waals surface area contributed by atoms with E-state index in [1.165, 1.54) is 0 Å². The van der Waals surface area contributed by atoms with Gasteiger partial charge in [-0.05, 0) is 19.8 Å². The topological polar surface area (TPSA) is 79.3 Å². The minimum absolute atomic E-state index is 0.166. The molecule has 1 saturated carbocycles. The first kappa shape index (κ1) is 16.3. The maximum Gasteiger partial charge on any atom is 0.329 e. The summed E-state index contributed by atoms with van der Waals surface area (Å²) < 4.78 is 0. The summed E-state index contributed by atoms with van der Waals surface area (Å²) in [6.45, 7) is 1.97. The van der Waals surface area contributed by atoms with Gasteiger partial charge in [0.15, 0.2) is 0 Å². The van der Waals surface area contributed by atoms with Gasteiger partial charge in [0.1, 0.15) is 5.54 Å². The van der Waals surface area contributed by atoms with Gasteiger partial charge in [-0.25, -0.2) is 9.78 Å². The van der Waals surface area contributed by atoms with E-state index in [1.54, 1.807) is 23.1 Å². The van der Waals surface area contributed by atoms with Gasteiger partial charge in [0.05, 0.1) is 10.7 Å². The molecule has 0 aliphatic heterocycles. The lowest BCUT2D eigenvalue weighted by molar-refractivity contribution is -0.147. The van der Waals surface area contributed by atoms with E-state index in [4.69, 9.17) is 0 Å². The van der Waals surface area contributed by atoms with Crippen molar-refractivity contribution in [1.29, 1.82) is 0 Å². The highest BCUT2D eigenvalue weighted by atomic mass is 32.2. The number of hydrogen-bond donors (Lipinski definition) is 2. The third-order valence-electron chi connectivity index (χ3n) is 3.64. The Bertz CT molecular complexity index is 510. The van der Waals surface area contributed by atoms with Crippen LogP contribution in [0.5, 0.6) is 0 Å². The number of aryl methyl sites for hydroxylation is 1. The first-order chi connectivity index (χ1) is 10.0. The Morgan fingerprint density at radius 3 is 2.76 bits per heavy atom. The van der Waals surface area contributed by atoms with Gasteiger partial charge in [0.25, 0.3) is 0 Å². The molecule has 2 rings (SSSR count). The Balaban J connectivity index is 1.71. The molecular weight excluding hydrogens is 308 g/mol. The highest BCUT2D eigenvalue weighted by Gasteiger charge is 2.42. The van der Waals surface area contributed by atoms with Crippen LogP contribution in [0, 0.1) is 6.92 Å². The van der Waals surface area contributed by atoms with Crippen LogP contribution in [0.1, 0.15) is 42.8 Å². The second-order valence-corrected chi connectivity index (χ2v) is 7.47. The van der Waals surface area contributed by atoms with Gasteiger partial charge in [-0.15, -0.1) is 11.3 Å². The number of aromatic nitrogens is 1. The number of hydrogen-bond acceptors (Lipinski definition) is 5. The Labute approximate surface area is 132 Å². The summed E-state index contributed by atoms with van der Waals surface area (Å²) >= 11 is 3.27. The van der Waals surface area contributed by atoms with Crippen LogP contribution < -0.4 is 5.32 Å². The number of amides is 1. The molecule has 1 aromatic rings. The number of thioether (sulfide) groups is 1. The van der Waals surface area contributed by atoms with Crippen molar-refractivity contribution in [3.05, 3.63) is 16.1 Å². The van der Waals surface area contributed by atoms with E-state index in [-0.39, 0.29) is 5.91 Å². The highest BCUT2D eigenvalue weighted by molar-refractivity contribution is 7.98. The van der Waals surface area contributed by atoms with Crippen LogP contribution in [0.2, 0.25) is 0 Å². The minimum Gasteiger partial charge on any atom is -0.480 e. The standard InChI is InChI=1S/C14H20N2O3S2/c1-10-15-11(9-21-10)8-20-7-4-12(17)16-14(13(18)19)5-2-3-6-14/h9H,2-8H2,1H3,(H,16,17)(H,18,19). The van der Waals surface area contributed by atoms with E-state index >= 15 is 0 Å². The number of carboxylic acids is 1. The van der Waals surface area contributed by atoms with E-state index in [2.05, 4.69) is 10.3 Å². The molecule has 0 saturated heterocycles. The predicted octanol–water partition coefficient (Wildman–Crippen LogP) is 2.59. The molecule has 116 valence electrons. The smallest absolute Gasteiger partial charge is 0.329 e. The fourth-order valence-electron chi connectivity index (χ4n) is 2.52. The van der Waals surface area contributed by atoms with Crippen molar-refractivity contribution in [3.63, 3.8) is 0 Å². The lowest BCUT2D eigenvalue weighted by Gasteiger charge is -2.25. The normalized spacial score (nSPS) is 16.8. The molecule has 1 heterocycles. The number of nitrogens with one attached hydrogen (secondary N) is 1. The molecule has 1 amide bonds. The summed E-state index contributed by atoms with van der Waals surface area (Å²) in [6.07, 6.45) is 3.16. The maximum atomic E-state index is 11.9. The monoisotopic (exact) mass is 328 g/mol. The molecule has 5 nitrogen and oxygen atoms in total. The van der Waals surface area contributed by atoms with E-state index in [0.29, 0.717) is 25.0 Å². The molecule has 0 aromatic carbocycles. The highest BCUT2D eigenvalue weighted by Crippen LogP contribution is 2.30. The van der Waals surface area contributed by atoms with Gasteiger partial charge in [-0.1, -0.05) is 12.8 Å². The van der Waals surface area contributed by atoms with E-state index in [0.717, 1.165) is 29.3 Å². The predicted molar refractivity (Wildman–Crippen MR) is 84.6 cm³/mol. The molecule has 0 atom stereocenters. The maximum absolute atomic E-state index is 11.9. The van der Waals surface area contributed by atoms with E-state index in [1.807, 2.05) is 12.3 Å². The summed E-state index contributed by atoms with van der Waals surface area (Å²) in [4.78, 5) is 27.6. The SMILES string of the molecule is Cc1nc(CSCCC(=O)NC2(C(=O)O)CCCC2)cs1. The first-order valence-electron chi connectivity index (χ1n) is 7.05. The number of rotatable bonds is 7. The Kier molecular flexibility index (Phi) is 5.64.